The zero-order valence-electron chi connectivity index (χ0n) is 12.2. The fourth-order valence-corrected chi connectivity index (χ4v) is 1.58. The lowest BCUT2D eigenvalue weighted by Gasteiger charge is -2.12. The van der Waals surface area contributed by atoms with Crippen molar-refractivity contribution in [3.05, 3.63) is 35.1 Å². The summed E-state index contributed by atoms with van der Waals surface area (Å²) < 4.78 is 18.4. The van der Waals surface area contributed by atoms with Gasteiger partial charge in [-0.1, -0.05) is 12.1 Å². The van der Waals surface area contributed by atoms with Gasteiger partial charge in [0.1, 0.15) is 5.82 Å². The average molecular weight is 395 g/mol. The molecule has 20 heavy (non-hydrogen) atoms. The van der Waals surface area contributed by atoms with Gasteiger partial charge in [0.25, 0.3) is 0 Å². The van der Waals surface area contributed by atoms with Crippen LogP contribution in [0.2, 0.25) is 0 Å². The number of nitrogens with zero attached hydrogens (tertiary/aromatic N) is 1. The van der Waals surface area contributed by atoms with E-state index in [2.05, 4.69) is 15.6 Å². The summed E-state index contributed by atoms with van der Waals surface area (Å²) in [6.07, 6.45) is 0.913. The normalized spacial score (nSPS) is 10.9. The highest BCUT2D eigenvalue weighted by molar-refractivity contribution is 14.0. The zero-order valence-corrected chi connectivity index (χ0v) is 14.5. The van der Waals surface area contributed by atoms with Gasteiger partial charge in [0.2, 0.25) is 0 Å². The van der Waals surface area contributed by atoms with Gasteiger partial charge in [0.15, 0.2) is 5.96 Å². The Bertz CT molecular complexity index is 427. The molecule has 0 unspecified atom stereocenters. The van der Waals surface area contributed by atoms with Crippen molar-refractivity contribution in [2.45, 2.75) is 19.9 Å². The van der Waals surface area contributed by atoms with Gasteiger partial charge < -0.3 is 15.4 Å². The van der Waals surface area contributed by atoms with Crippen LogP contribution in [0.5, 0.6) is 0 Å². The first-order valence-electron chi connectivity index (χ1n) is 6.36. The van der Waals surface area contributed by atoms with E-state index in [-0.39, 0.29) is 29.8 Å². The summed E-state index contributed by atoms with van der Waals surface area (Å²) in [7, 11) is 3.39. The molecule has 0 aliphatic heterocycles. The third-order valence-electron chi connectivity index (χ3n) is 2.74. The largest absolute Gasteiger partial charge is 0.385 e. The lowest BCUT2D eigenvalue weighted by Crippen LogP contribution is -2.37. The molecule has 1 aromatic rings. The topological polar surface area (TPSA) is 45.7 Å². The second-order valence-electron chi connectivity index (χ2n) is 4.28. The SMILES string of the molecule is CN=C(NCCCOC)NCc1ccc(C)c(F)c1.I. The van der Waals surface area contributed by atoms with Crippen molar-refractivity contribution >= 4 is 29.9 Å². The molecular weight excluding hydrogens is 372 g/mol. The molecule has 6 heteroatoms. The predicted molar refractivity (Wildman–Crippen MR) is 91.2 cm³/mol. The number of aryl methyl sites for hydroxylation is 1. The van der Waals surface area contributed by atoms with Crippen molar-refractivity contribution in [3.63, 3.8) is 0 Å². The van der Waals surface area contributed by atoms with Crippen LogP contribution in [0.3, 0.4) is 0 Å². The lowest BCUT2D eigenvalue weighted by atomic mass is 10.1. The minimum Gasteiger partial charge on any atom is -0.385 e. The summed E-state index contributed by atoms with van der Waals surface area (Å²) in [4.78, 5) is 4.10. The van der Waals surface area contributed by atoms with Gasteiger partial charge in [-0.25, -0.2) is 4.39 Å². The van der Waals surface area contributed by atoms with E-state index in [1.165, 1.54) is 0 Å². The summed E-state index contributed by atoms with van der Waals surface area (Å²) in [5, 5.41) is 6.31. The molecule has 0 radical (unpaired) electrons. The molecule has 2 N–H and O–H groups in total. The van der Waals surface area contributed by atoms with Crippen molar-refractivity contribution in [3.8, 4) is 0 Å². The van der Waals surface area contributed by atoms with Crippen LogP contribution < -0.4 is 10.6 Å². The van der Waals surface area contributed by atoms with E-state index < -0.39 is 0 Å². The molecule has 0 saturated carbocycles. The van der Waals surface area contributed by atoms with E-state index in [4.69, 9.17) is 4.74 Å². The van der Waals surface area contributed by atoms with E-state index in [9.17, 15) is 4.39 Å². The van der Waals surface area contributed by atoms with E-state index in [1.54, 1.807) is 33.2 Å². The van der Waals surface area contributed by atoms with Crippen LogP contribution in [0.25, 0.3) is 0 Å². The molecule has 0 aliphatic rings. The number of hydrogen-bond acceptors (Lipinski definition) is 2. The Kier molecular flexibility index (Phi) is 10.4. The van der Waals surface area contributed by atoms with Crippen LogP contribution in [0.15, 0.2) is 23.2 Å². The monoisotopic (exact) mass is 395 g/mol. The van der Waals surface area contributed by atoms with Crippen molar-refractivity contribution in [2.24, 2.45) is 4.99 Å². The first kappa shape index (κ1) is 19.1. The predicted octanol–water partition coefficient (Wildman–Crippen LogP) is 2.45. The quantitative estimate of drug-likeness (QED) is 0.337. The molecule has 0 fully saturated rings. The number of rotatable bonds is 6. The van der Waals surface area contributed by atoms with E-state index >= 15 is 0 Å². The number of halogens is 2. The molecule has 4 nitrogen and oxygen atoms in total. The van der Waals surface area contributed by atoms with E-state index in [0.29, 0.717) is 24.7 Å². The minimum atomic E-state index is -0.178. The smallest absolute Gasteiger partial charge is 0.191 e. The van der Waals surface area contributed by atoms with Gasteiger partial charge in [0, 0.05) is 33.9 Å². The molecular formula is C14H23FIN3O. The number of methoxy groups -OCH3 is 1. The van der Waals surface area contributed by atoms with Crippen LogP contribution in [0, 0.1) is 12.7 Å². The molecule has 0 atom stereocenters. The number of benzene rings is 1. The molecule has 0 aliphatic carbocycles. The summed E-state index contributed by atoms with van der Waals surface area (Å²) in [5.41, 5.74) is 1.55. The van der Waals surface area contributed by atoms with Crippen LogP contribution >= 0.6 is 24.0 Å². The average Bonchev–Trinajstić information content (AvgIpc) is 2.42. The first-order chi connectivity index (χ1) is 9.17. The molecule has 0 heterocycles. The third-order valence-corrected chi connectivity index (χ3v) is 2.74. The highest BCUT2D eigenvalue weighted by Crippen LogP contribution is 2.08. The molecule has 1 aromatic carbocycles. The standard InChI is InChI=1S/C14H22FN3O.HI/c1-11-5-6-12(9-13(11)15)10-18-14(16-2)17-7-4-8-19-3;/h5-6,9H,4,7-8,10H2,1-3H3,(H2,16,17,18);1H. The Labute approximate surface area is 137 Å². The van der Waals surface area contributed by atoms with Gasteiger partial charge >= 0.3 is 0 Å². The maximum absolute atomic E-state index is 13.4. The highest BCUT2D eigenvalue weighted by atomic mass is 127. The minimum absolute atomic E-state index is 0. The molecule has 0 bridgehead atoms. The van der Waals surface area contributed by atoms with Gasteiger partial charge in [-0.15, -0.1) is 24.0 Å². The maximum atomic E-state index is 13.4. The molecule has 114 valence electrons. The van der Waals surface area contributed by atoms with E-state index in [1.807, 2.05) is 6.07 Å². The highest BCUT2D eigenvalue weighted by Gasteiger charge is 2.01. The van der Waals surface area contributed by atoms with Crippen molar-refractivity contribution in [1.82, 2.24) is 10.6 Å². The Morgan fingerprint density at radius 2 is 2.10 bits per heavy atom. The lowest BCUT2D eigenvalue weighted by molar-refractivity contribution is 0.195. The fraction of sp³-hybridized carbons (Fsp3) is 0.500. The van der Waals surface area contributed by atoms with Crippen LogP contribution in [0.1, 0.15) is 17.5 Å². The number of ether oxygens (including phenoxy) is 1. The maximum Gasteiger partial charge on any atom is 0.191 e. The van der Waals surface area contributed by atoms with Gasteiger partial charge in [0.05, 0.1) is 0 Å². The molecule has 0 spiro atoms. The summed E-state index contributed by atoms with van der Waals surface area (Å²) in [6.45, 7) is 3.80. The molecule has 1 rings (SSSR count). The number of nitrogens with one attached hydrogen (secondary N) is 2. The molecule has 0 saturated heterocycles. The number of hydrogen-bond donors (Lipinski definition) is 2. The summed E-state index contributed by atoms with van der Waals surface area (Å²) in [5.74, 6) is 0.527. The van der Waals surface area contributed by atoms with Crippen LogP contribution in [-0.2, 0) is 11.3 Å². The van der Waals surface area contributed by atoms with Gasteiger partial charge in [-0.3, -0.25) is 4.99 Å². The Morgan fingerprint density at radius 1 is 1.35 bits per heavy atom. The fourth-order valence-electron chi connectivity index (χ4n) is 1.58. The Hall–Kier alpha value is -0.890. The van der Waals surface area contributed by atoms with Gasteiger partial charge in [-0.05, 0) is 30.5 Å². The summed E-state index contributed by atoms with van der Waals surface area (Å²) >= 11 is 0. The number of aliphatic imine (C=N–C) groups is 1. The molecule has 0 amide bonds. The van der Waals surface area contributed by atoms with Crippen molar-refractivity contribution in [1.29, 1.82) is 0 Å². The zero-order chi connectivity index (χ0) is 14.1. The third kappa shape index (κ3) is 7.04. The van der Waals surface area contributed by atoms with Crippen molar-refractivity contribution < 1.29 is 9.13 Å². The second kappa shape index (κ2) is 10.8. The van der Waals surface area contributed by atoms with E-state index in [0.717, 1.165) is 18.5 Å². The second-order valence-corrected chi connectivity index (χ2v) is 4.28. The first-order valence-corrected chi connectivity index (χ1v) is 6.36. The molecule has 0 aromatic heterocycles. The number of guanidine groups is 1. The van der Waals surface area contributed by atoms with Crippen LogP contribution in [-0.4, -0.2) is 33.3 Å². The van der Waals surface area contributed by atoms with Crippen LogP contribution in [0.4, 0.5) is 4.39 Å². The van der Waals surface area contributed by atoms with Gasteiger partial charge in [-0.2, -0.15) is 0 Å². The van der Waals surface area contributed by atoms with Crippen molar-refractivity contribution in [2.75, 3.05) is 27.3 Å². The summed E-state index contributed by atoms with van der Waals surface area (Å²) in [6, 6.07) is 5.23. The Morgan fingerprint density at radius 3 is 2.70 bits per heavy atom. The Balaban J connectivity index is 0.00000361.